The molecular formula is C43H81O5P. The minimum atomic E-state index is -4.06. The molecule has 6 heteroatoms. The van der Waals surface area contributed by atoms with Crippen molar-refractivity contribution in [3.8, 4) is 5.75 Å². The standard InChI is InChI=1S/C43H81O5P/c1-8-9-10-11-12-13-14-15-16-17-18-19-20-21-22-23-24-25-26-27-28-29-30-31-32-33-40(44)48-49(46,47)36-37-34-38(42(2,3)4)41(45)39(35-37)43(5,6)7/h34-35,40,44-45H,8-33,36H2,1-7H3,(H,46,47). The molecule has 0 radical (unpaired) electrons. The van der Waals surface area contributed by atoms with Crippen LogP contribution < -0.4 is 0 Å². The van der Waals surface area contributed by atoms with E-state index >= 15 is 0 Å². The molecule has 1 aromatic rings. The highest BCUT2D eigenvalue weighted by atomic mass is 31.2. The predicted molar refractivity (Wildman–Crippen MR) is 212 cm³/mol. The van der Waals surface area contributed by atoms with Crippen LogP contribution in [0.2, 0.25) is 0 Å². The number of hydrogen-bond donors (Lipinski definition) is 3. The molecule has 0 spiro atoms. The molecule has 0 saturated heterocycles. The Kier molecular flexibility index (Phi) is 24.5. The maximum atomic E-state index is 13.0. The van der Waals surface area contributed by atoms with Crippen LogP contribution in [0.15, 0.2) is 12.1 Å². The van der Waals surface area contributed by atoms with Gasteiger partial charge in [-0.2, -0.15) is 0 Å². The third kappa shape index (κ3) is 23.3. The fourth-order valence-electron chi connectivity index (χ4n) is 6.90. The molecule has 1 aromatic carbocycles. The van der Waals surface area contributed by atoms with Crippen LogP contribution in [0.25, 0.3) is 0 Å². The smallest absolute Gasteiger partial charge is 0.334 e. The molecule has 3 N–H and O–H groups in total. The van der Waals surface area contributed by atoms with E-state index in [0.717, 1.165) is 30.4 Å². The summed E-state index contributed by atoms with van der Waals surface area (Å²) in [5.74, 6) is 0.239. The number of phenolic OH excluding ortho intramolecular Hbond substituents is 1. The van der Waals surface area contributed by atoms with Gasteiger partial charge in [-0.15, -0.1) is 0 Å². The highest BCUT2D eigenvalue weighted by Crippen LogP contribution is 2.49. The maximum absolute atomic E-state index is 13.0. The predicted octanol–water partition coefficient (Wildman–Crippen LogP) is 14.2. The summed E-state index contributed by atoms with van der Waals surface area (Å²) in [6.07, 6.45) is 32.6. The zero-order chi connectivity index (χ0) is 36.6. The van der Waals surface area contributed by atoms with Gasteiger partial charge in [0.05, 0.1) is 6.16 Å². The minimum Gasteiger partial charge on any atom is -0.507 e. The molecule has 5 nitrogen and oxygen atoms in total. The van der Waals surface area contributed by atoms with E-state index in [2.05, 4.69) is 6.92 Å². The zero-order valence-electron chi connectivity index (χ0n) is 33.4. The molecule has 2 unspecified atom stereocenters. The highest BCUT2D eigenvalue weighted by Gasteiger charge is 2.30. The first kappa shape index (κ1) is 46.2. The van der Waals surface area contributed by atoms with Crippen molar-refractivity contribution < 1.29 is 24.2 Å². The van der Waals surface area contributed by atoms with Gasteiger partial charge in [-0.3, -0.25) is 9.09 Å². The fourth-order valence-corrected chi connectivity index (χ4v) is 8.10. The number of phenols is 1. The van der Waals surface area contributed by atoms with E-state index in [4.69, 9.17) is 4.52 Å². The number of hydrogen-bond acceptors (Lipinski definition) is 4. The molecule has 0 heterocycles. The topological polar surface area (TPSA) is 87.0 Å². The van der Waals surface area contributed by atoms with Gasteiger partial charge in [-0.25, -0.2) is 0 Å². The summed E-state index contributed by atoms with van der Waals surface area (Å²) in [5, 5.41) is 21.3. The Labute approximate surface area is 304 Å². The normalized spacial score (nSPS) is 14.3. The molecule has 1 rings (SSSR count). The monoisotopic (exact) mass is 709 g/mol. The molecule has 0 amide bonds. The van der Waals surface area contributed by atoms with Crippen molar-refractivity contribution in [3.63, 3.8) is 0 Å². The number of unbranched alkanes of at least 4 members (excludes halogenated alkanes) is 24. The van der Waals surface area contributed by atoms with Crippen molar-refractivity contribution in [1.29, 1.82) is 0 Å². The second-order valence-electron chi connectivity index (χ2n) is 17.2. The van der Waals surface area contributed by atoms with E-state index in [0.29, 0.717) is 12.0 Å². The SMILES string of the molecule is CCCCCCCCCCCCCCCCCCCCCCCCCCCC(O)OP(=O)(O)Cc1cc(C(C)(C)C)c(O)c(C(C)(C)C)c1. The Hall–Kier alpha value is -0.870. The average Bonchev–Trinajstić information content (AvgIpc) is 3.00. The fraction of sp³-hybridized carbons (Fsp3) is 0.860. The molecule has 2 atom stereocenters. The number of aliphatic hydroxyl groups excluding tert-OH is 1. The van der Waals surface area contributed by atoms with Crippen molar-refractivity contribution in [2.75, 3.05) is 0 Å². The quantitative estimate of drug-likeness (QED) is 0.0421. The van der Waals surface area contributed by atoms with E-state index in [1.807, 2.05) is 41.5 Å². The van der Waals surface area contributed by atoms with Crippen LogP contribution in [-0.4, -0.2) is 21.4 Å². The summed E-state index contributed by atoms with van der Waals surface area (Å²) in [6, 6.07) is 3.59. The lowest BCUT2D eigenvalue weighted by Gasteiger charge is -2.28. The van der Waals surface area contributed by atoms with Gasteiger partial charge < -0.3 is 15.1 Å². The molecule has 0 aliphatic carbocycles. The van der Waals surface area contributed by atoms with E-state index < -0.39 is 13.9 Å². The molecule has 0 aromatic heterocycles. The van der Waals surface area contributed by atoms with Gasteiger partial charge >= 0.3 is 7.60 Å². The van der Waals surface area contributed by atoms with E-state index in [-0.39, 0.29) is 22.7 Å². The Morgan fingerprint density at radius 1 is 0.571 bits per heavy atom. The van der Waals surface area contributed by atoms with Crippen LogP contribution in [0.3, 0.4) is 0 Å². The Balaban J connectivity index is 2.03. The van der Waals surface area contributed by atoms with Gasteiger partial charge in [0.15, 0.2) is 6.29 Å². The van der Waals surface area contributed by atoms with Crippen molar-refractivity contribution >= 4 is 7.60 Å². The molecule has 288 valence electrons. The summed E-state index contributed by atoms with van der Waals surface area (Å²) in [6.45, 7) is 14.4. The van der Waals surface area contributed by atoms with E-state index in [9.17, 15) is 19.7 Å². The van der Waals surface area contributed by atoms with Gasteiger partial charge in [0.2, 0.25) is 0 Å². The molecular weight excluding hydrogens is 627 g/mol. The lowest BCUT2D eigenvalue weighted by molar-refractivity contribution is -0.0314. The van der Waals surface area contributed by atoms with Crippen molar-refractivity contribution in [2.45, 2.75) is 239 Å². The Morgan fingerprint density at radius 3 is 1.14 bits per heavy atom. The molecule has 0 aliphatic rings. The number of aromatic hydroxyl groups is 1. The maximum Gasteiger partial charge on any atom is 0.334 e. The lowest BCUT2D eigenvalue weighted by atomic mass is 9.78. The largest absolute Gasteiger partial charge is 0.507 e. The van der Waals surface area contributed by atoms with Crippen LogP contribution in [0.5, 0.6) is 5.75 Å². The van der Waals surface area contributed by atoms with Crippen LogP contribution in [0, 0.1) is 0 Å². The first-order valence-electron chi connectivity index (χ1n) is 20.7. The lowest BCUT2D eigenvalue weighted by Crippen LogP contribution is -2.18. The van der Waals surface area contributed by atoms with Crippen LogP contribution in [-0.2, 0) is 26.1 Å². The Bertz CT molecular complexity index is 973. The summed E-state index contributed by atoms with van der Waals surface area (Å²) in [7, 11) is -4.06. The van der Waals surface area contributed by atoms with Crippen LogP contribution in [0.4, 0.5) is 0 Å². The van der Waals surface area contributed by atoms with Crippen molar-refractivity contribution in [3.05, 3.63) is 28.8 Å². The van der Waals surface area contributed by atoms with Crippen molar-refractivity contribution in [1.82, 2.24) is 0 Å². The molecule has 49 heavy (non-hydrogen) atoms. The highest BCUT2D eigenvalue weighted by molar-refractivity contribution is 7.51. The number of rotatable bonds is 30. The summed E-state index contributed by atoms with van der Waals surface area (Å²) in [5.41, 5.74) is 1.46. The van der Waals surface area contributed by atoms with Crippen molar-refractivity contribution in [2.24, 2.45) is 0 Å². The number of benzene rings is 1. The second-order valence-corrected chi connectivity index (χ2v) is 19.0. The van der Waals surface area contributed by atoms with Crippen LogP contribution >= 0.6 is 7.60 Å². The van der Waals surface area contributed by atoms with Gasteiger partial charge in [-0.1, -0.05) is 215 Å². The van der Waals surface area contributed by atoms with E-state index in [1.165, 1.54) is 141 Å². The van der Waals surface area contributed by atoms with Gasteiger partial charge in [0, 0.05) is 0 Å². The van der Waals surface area contributed by atoms with Gasteiger partial charge in [-0.05, 0) is 40.4 Å². The third-order valence-corrected chi connectivity index (χ3v) is 11.3. The summed E-state index contributed by atoms with van der Waals surface area (Å²) < 4.78 is 18.2. The van der Waals surface area contributed by atoms with E-state index in [1.54, 1.807) is 12.1 Å². The molecule has 0 saturated carbocycles. The first-order chi connectivity index (χ1) is 23.2. The molecule has 0 aliphatic heterocycles. The molecule has 0 bridgehead atoms. The summed E-state index contributed by atoms with van der Waals surface area (Å²) in [4.78, 5) is 10.6. The zero-order valence-corrected chi connectivity index (χ0v) is 34.3. The Morgan fingerprint density at radius 2 is 0.857 bits per heavy atom. The average molecular weight is 709 g/mol. The van der Waals surface area contributed by atoms with Gasteiger partial charge in [0.1, 0.15) is 5.75 Å². The van der Waals surface area contributed by atoms with Crippen LogP contribution in [0.1, 0.15) is 232 Å². The summed E-state index contributed by atoms with van der Waals surface area (Å²) >= 11 is 0. The first-order valence-corrected chi connectivity index (χ1v) is 22.5. The second kappa shape index (κ2) is 26.0. The van der Waals surface area contributed by atoms with Gasteiger partial charge in [0.25, 0.3) is 0 Å². The number of aliphatic hydroxyl groups is 1. The third-order valence-electron chi connectivity index (χ3n) is 10.0. The minimum absolute atomic E-state index is 0.198. The molecule has 0 fully saturated rings.